The number of hydrogen-bond acceptors (Lipinski definition) is 4. The maximum atomic E-state index is 13.9. The van der Waals surface area contributed by atoms with Crippen molar-refractivity contribution < 1.29 is 4.39 Å². The number of aliphatic imine (C=N–C) groups is 1. The van der Waals surface area contributed by atoms with E-state index in [-0.39, 0.29) is 5.82 Å². The van der Waals surface area contributed by atoms with Crippen LogP contribution in [0.4, 0.5) is 21.5 Å². The molecule has 2 N–H and O–H groups in total. The van der Waals surface area contributed by atoms with E-state index in [0.29, 0.717) is 17.6 Å². The van der Waals surface area contributed by atoms with Gasteiger partial charge in [0.25, 0.3) is 0 Å². The van der Waals surface area contributed by atoms with Crippen LogP contribution in [0.15, 0.2) is 41.4 Å². The van der Waals surface area contributed by atoms with Gasteiger partial charge in [0.05, 0.1) is 11.4 Å². The Hall–Kier alpha value is -2.40. The van der Waals surface area contributed by atoms with Gasteiger partial charge in [-0.05, 0) is 42.2 Å². The monoisotopic (exact) mass is 380 g/mol. The zero-order valence-corrected chi connectivity index (χ0v) is 16.9. The van der Waals surface area contributed by atoms with Gasteiger partial charge in [-0.1, -0.05) is 33.3 Å². The lowest BCUT2D eigenvalue weighted by atomic mass is 9.98. The first-order valence-electron chi connectivity index (χ1n) is 10.3. The van der Waals surface area contributed by atoms with E-state index in [1.807, 2.05) is 0 Å². The van der Waals surface area contributed by atoms with Crippen molar-refractivity contribution in [3.8, 4) is 0 Å². The van der Waals surface area contributed by atoms with Crippen LogP contribution in [0, 0.1) is 5.82 Å². The fourth-order valence-corrected chi connectivity index (χ4v) is 4.04. The topological polar surface area (TPSA) is 39.7 Å². The molecule has 2 aliphatic heterocycles. The molecule has 1 atom stereocenters. The van der Waals surface area contributed by atoms with Gasteiger partial charge >= 0.3 is 0 Å². The average Bonchev–Trinajstić information content (AvgIpc) is 2.84. The zero-order chi connectivity index (χ0) is 19.7. The maximum absolute atomic E-state index is 13.9. The molecule has 5 heteroatoms. The van der Waals surface area contributed by atoms with Crippen LogP contribution in [0.5, 0.6) is 0 Å². The number of halogens is 1. The Bertz CT molecular complexity index is 888. The van der Waals surface area contributed by atoms with Crippen molar-refractivity contribution in [2.24, 2.45) is 4.99 Å². The number of rotatable bonds is 3. The van der Waals surface area contributed by atoms with Crippen molar-refractivity contribution in [3.05, 3.63) is 53.3 Å². The Balaban J connectivity index is 1.82. The molecule has 1 saturated heterocycles. The SMILES string of the molecule is CCC[C@H]1CN(C2=Nc3cc(F)ccc3Nc3ccc(C(C)C)cc32)CCN1. The predicted octanol–water partition coefficient (Wildman–Crippen LogP) is 5.16. The average molecular weight is 381 g/mol. The normalized spacial score (nSPS) is 18.8. The van der Waals surface area contributed by atoms with Gasteiger partial charge in [-0.25, -0.2) is 9.38 Å². The third kappa shape index (κ3) is 3.76. The van der Waals surface area contributed by atoms with Crippen LogP contribution < -0.4 is 10.6 Å². The van der Waals surface area contributed by atoms with Gasteiger partial charge in [-0.3, -0.25) is 0 Å². The fourth-order valence-electron chi connectivity index (χ4n) is 4.04. The summed E-state index contributed by atoms with van der Waals surface area (Å²) < 4.78 is 13.9. The van der Waals surface area contributed by atoms with E-state index in [2.05, 4.69) is 54.5 Å². The molecule has 2 aliphatic rings. The molecule has 1 fully saturated rings. The van der Waals surface area contributed by atoms with Gasteiger partial charge in [0.2, 0.25) is 0 Å². The minimum Gasteiger partial charge on any atom is -0.353 e. The number of amidine groups is 1. The predicted molar refractivity (Wildman–Crippen MR) is 115 cm³/mol. The van der Waals surface area contributed by atoms with E-state index < -0.39 is 0 Å². The second-order valence-corrected chi connectivity index (χ2v) is 8.07. The van der Waals surface area contributed by atoms with Crippen LogP contribution in [-0.2, 0) is 0 Å². The summed E-state index contributed by atoms with van der Waals surface area (Å²) in [5.74, 6) is 1.11. The molecule has 0 bridgehead atoms. The van der Waals surface area contributed by atoms with Crippen LogP contribution in [0.25, 0.3) is 0 Å². The fraction of sp³-hybridized carbons (Fsp3) is 0.435. The molecule has 4 nitrogen and oxygen atoms in total. The third-order valence-electron chi connectivity index (χ3n) is 5.60. The number of nitrogens with zero attached hydrogens (tertiary/aromatic N) is 2. The van der Waals surface area contributed by atoms with E-state index in [1.165, 1.54) is 17.7 Å². The summed E-state index contributed by atoms with van der Waals surface area (Å²) in [6.07, 6.45) is 2.30. The molecular weight excluding hydrogens is 351 g/mol. The Kier molecular flexibility index (Phi) is 5.36. The lowest BCUT2D eigenvalue weighted by Crippen LogP contribution is -2.52. The third-order valence-corrected chi connectivity index (χ3v) is 5.60. The van der Waals surface area contributed by atoms with Crippen molar-refractivity contribution >= 4 is 22.9 Å². The van der Waals surface area contributed by atoms with Crippen molar-refractivity contribution in [2.45, 2.75) is 45.6 Å². The van der Waals surface area contributed by atoms with Gasteiger partial charge in [-0.15, -0.1) is 0 Å². The van der Waals surface area contributed by atoms with Crippen molar-refractivity contribution in [1.82, 2.24) is 10.2 Å². The highest BCUT2D eigenvalue weighted by Crippen LogP contribution is 2.36. The van der Waals surface area contributed by atoms with E-state index in [1.54, 1.807) is 6.07 Å². The van der Waals surface area contributed by atoms with Crippen LogP contribution >= 0.6 is 0 Å². The van der Waals surface area contributed by atoms with Crippen LogP contribution in [0.3, 0.4) is 0 Å². The van der Waals surface area contributed by atoms with Gasteiger partial charge in [0.1, 0.15) is 11.7 Å². The summed E-state index contributed by atoms with van der Waals surface area (Å²) in [5.41, 5.74) is 4.91. The van der Waals surface area contributed by atoms with Gasteiger partial charge in [0.15, 0.2) is 0 Å². The number of fused-ring (bicyclic) bond motifs is 2. The molecule has 0 amide bonds. The molecule has 28 heavy (non-hydrogen) atoms. The van der Waals surface area contributed by atoms with E-state index in [9.17, 15) is 4.39 Å². The second-order valence-electron chi connectivity index (χ2n) is 8.07. The molecule has 0 spiro atoms. The molecule has 2 aromatic rings. The van der Waals surface area contributed by atoms with Crippen molar-refractivity contribution in [2.75, 3.05) is 25.0 Å². The van der Waals surface area contributed by atoms with Crippen LogP contribution in [0.1, 0.15) is 50.7 Å². The highest BCUT2D eigenvalue weighted by molar-refractivity contribution is 6.08. The number of benzene rings is 2. The Morgan fingerprint density at radius 1 is 1.18 bits per heavy atom. The Labute approximate surface area is 166 Å². The largest absolute Gasteiger partial charge is 0.353 e. The molecule has 0 aromatic heterocycles. The van der Waals surface area contributed by atoms with Crippen LogP contribution in [0.2, 0.25) is 0 Å². The first kappa shape index (κ1) is 18.9. The van der Waals surface area contributed by atoms with Gasteiger partial charge in [0, 0.05) is 43.0 Å². The summed E-state index contributed by atoms with van der Waals surface area (Å²) in [6.45, 7) is 9.38. The molecule has 0 radical (unpaired) electrons. The number of anilines is 2. The van der Waals surface area contributed by atoms with Crippen LogP contribution in [-0.4, -0.2) is 36.4 Å². The minimum absolute atomic E-state index is 0.262. The molecule has 4 rings (SSSR count). The quantitative estimate of drug-likeness (QED) is 0.773. The number of hydrogen-bond donors (Lipinski definition) is 2. The summed E-state index contributed by atoms with van der Waals surface area (Å²) in [4.78, 5) is 7.33. The van der Waals surface area contributed by atoms with E-state index >= 15 is 0 Å². The smallest absolute Gasteiger partial charge is 0.138 e. The molecule has 2 heterocycles. The van der Waals surface area contributed by atoms with E-state index in [4.69, 9.17) is 4.99 Å². The highest BCUT2D eigenvalue weighted by Gasteiger charge is 2.26. The first-order valence-corrected chi connectivity index (χ1v) is 10.3. The first-order chi connectivity index (χ1) is 13.5. The number of piperazine rings is 1. The Morgan fingerprint density at radius 2 is 2.00 bits per heavy atom. The standard InChI is InChI=1S/C23H29FN4/c1-4-5-18-14-28(11-10-25-18)23-19-12-16(15(2)3)6-8-20(19)26-21-9-7-17(24)13-22(21)27-23/h6-9,12-13,15,18,25-26H,4-5,10-11,14H2,1-3H3/t18-/m0/s1. The lowest BCUT2D eigenvalue weighted by Gasteiger charge is -2.36. The summed E-state index contributed by atoms with van der Waals surface area (Å²) >= 11 is 0. The number of nitrogens with one attached hydrogen (secondary N) is 2. The highest BCUT2D eigenvalue weighted by atomic mass is 19.1. The van der Waals surface area contributed by atoms with E-state index in [0.717, 1.165) is 55.2 Å². The lowest BCUT2D eigenvalue weighted by molar-refractivity contribution is 0.281. The zero-order valence-electron chi connectivity index (χ0n) is 16.9. The summed E-state index contributed by atoms with van der Waals surface area (Å²) in [7, 11) is 0. The minimum atomic E-state index is -0.262. The summed E-state index contributed by atoms with van der Waals surface area (Å²) in [6, 6.07) is 11.8. The van der Waals surface area contributed by atoms with Crippen molar-refractivity contribution in [1.29, 1.82) is 0 Å². The maximum Gasteiger partial charge on any atom is 0.138 e. The molecule has 2 aromatic carbocycles. The molecule has 0 unspecified atom stereocenters. The summed E-state index contributed by atoms with van der Waals surface area (Å²) in [5, 5.41) is 7.09. The second kappa shape index (κ2) is 7.92. The molecular formula is C23H29FN4. The van der Waals surface area contributed by atoms with Gasteiger partial charge in [-0.2, -0.15) is 0 Å². The van der Waals surface area contributed by atoms with Crippen molar-refractivity contribution in [3.63, 3.8) is 0 Å². The molecule has 0 aliphatic carbocycles. The van der Waals surface area contributed by atoms with Gasteiger partial charge < -0.3 is 15.5 Å². The molecule has 148 valence electrons. The molecule has 0 saturated carbocycles. The Morgan fingerprint density at radius 3 is 2.79 bits per heavy atom.